The first kappa shape index (κ1) is 11.2. The highest BCUT2D eigenvalue weighted by atomic mass is 15.2. The van der Waals surface area contributed by atoms with Crippen molar-refractivity contribution < 1.29 is 0 Å². The molecule has 2 heterocycles. The molecule has 1 aliphatic rings. The first-order valence-corrected chi connectivity index (χ1v) is 6.21. The highest BCUT2D eigenvalue weighted by molar-refractivity contribution is 5.53. The van der Waals surface area contributed by atoms with E-state index in [2.05, 4.69) is 23.7 Å². The number of nitrogens with two attached hydrogens (primary N) is 1. The number of hydrogen-bond donors (Lipinski definition) is 1. The minimum absolute atomic E-state index is 0.656. The average Bonchev–Trinajstić information content (AvgIpc) is 2.29. The van der Waals surface area contributed by atoms with E-state index >= 15 is 0 Å². The van der Waals surface area contributed by atoms with E-state index in [0.29, 0.717) is 6.04 Å². The highest BCUT2D eigenvalue weighted by Gasteiger charge is 2.22. The van der Waals surface area contributed by atoms with Crippen molar-refractivity contribution in [2.45, 2.75) is 45.6 Å². The van der Waals surface area contributed by atoms with Gasteiger partial charge in [0.05, 0.1) is 11.9 Å². The van der Waals surface area contributed by atoms with Gasteiger partial charge in [-0.1, -0.05) is 6.92 Å². The van der Waals surface area contributed by atoms with Crippen LogP contribution in [0.5, 0.6) is 0 Å². The zero-order valence-electron chi connectivity index (χ0n) is 10.2. The number of anilines is 2. The molecular weight excluding hydrogens is 198 g/mol. The Balaban J connectivity index is 2.27. The molecule has 1 aliphatic heterocycles. The third-order valence-corrected chi connectivity index (χ3v) is 3.44. The zero-order chi connectivity index (χ0) is 11.5. The van der Waals surface area contributed by atoms with Gasteiger partial charge in [-0.25, -0.2) is 4.98 Å². The Kier molecular flexibility index (Phi) is 3.32. The summed E-state index contributed by atoms with van der Waals surface area (Å²) >= 11 is 0. The molecule has 3 nitrogen and oxygen atoms in total. The Morgan fingerprint density at radius 2 is 2.31 bits per heavy atom. The van der Waals surface area contributed by atoms with E-state index in [1.165, 1.54) is 31.2 Å². The van der Waals surface area contributed by atoms with E-state index in [9.17, 15) is 0 Å². The van der Waals surface area contributed by atoms with Crippen LogP contribution in [0.2, 0.25) is 0 Å². The van der Waals surface area contributed by atoms with Gasteiger partial charge in [0.1, 0.15) is 5.82 Å². The van der Waals surface area contributed by atoms with Crippen LogP contribution in [0.15, 0.2) is 12.3 Å². The minimum Gasteiger partial charge on any atom is -0.397 e. The summed E-state index contributed by atoms with van der Waals surface area (Å²) in [6, 6.07) is 2.67. The second-order valence-corrected chi connectivity index (χ2v) is 4.66. The Morgan fingerprint density at radius 1 is 1.50 bits per heavy atom. The van der Waals surface area contributed by atoms with Crippen LogP contribution in [0.25, 0.3) is 0 Å². The van der Waals surface area contributed by atoms with Gasteiger partial charge in [-0.2, -0.15) is 0 Å². The molecule has 0 amide bonds. The molecule has 0 saturated carbocycles. The molecule has 0 aromatic carbocycles. The number of nitrogens with zero attached hydrogens (tertiary/aromatic N) is 2. The molecule has 0 spiro atoms. The molecule has 3 heteroatoms. The van der Waals surface area contributed by atoms with Crippen LogP contribution < -0.4 is 10.6 Å². The van der Waals surface area contributed by atoms with E-state index < -0.39 is 0 Å². The third-order valence-electron chi connectivity index (χ3n) is 3.44. The summed E-state index contributed by atoms with van der Waals surface area (Å²) in [7, 11) is 0. The fraction of sp³-hybridized carbons (Fsp3) is 0.615. The molecule has 1 fully saturated rings. The van der Waals surface area contributed by atoms with Crippen molar-refractivity contribution in [2.75, 3.05) is 17.2 Å². The maximum atomic E-state index is 5.74. The number of hydrogen-bond acceptors (Lipinski definition) is 3. The number of rotatable bonds is 2. The Hall–Kier alpha value is -1.25. The van der Waals surface area contributed by atoms with Gasteiger partial charge in [-0.05, 0) is 44.2 Å². The van der Waals surface area contributed by atoms with Crippen LogP contribution in [-0.2, 0) is 0 Å². The molecule has 1 aromatic heterocycles. The second-order valence-electron chi connectivity index (χ2n) is 4.66. The summed E-state index contributed by atoms with van der Waals surface area (Å²) in [5.74, 6) is 1.13. The van der Waals surface area contributed by atoms with Gasteiger partial charge in [-0.15, -0.1) is 0 Å². The summed E-state index contributed by atoms with van der Waals surface area (Å²) in [5.41, 5.74) is 7.69. The third kappa shape index (κ3) is 2.13. The first-order valence-electron chi connectivity index (χ1n) is 6.21. The van der Waals surface area contributed by atoms with E-state index in [1.807, 2.05) is 6.07 Å². The molecular formula is C13H21N3. The summed E-state index contributed by atoms with van der Waals surface area (Å²) in [6.07, 6.45) is 6.89. The second kappa shape index (κ2) is 4.73. The largest absolute Gasteiger partial charge is 0.397 e. The number of aryl methyl sites for hydroxylation is 1. The number of nitrogen functional groups attached to an aromatic ring is 1. The topological polar surface area (TPSA) is 42.2 Å². The van der Waals surface area contributed by atoms with Crippen molar-refractivity contribution in [3.05, 3.63) is 17.8 Å². The van der Waals surface area contributed by atoms with Gasteiger partial charge in [0.15, 0.2) is 0 Å². The summed E-state index contributed by atoms with van der Waals surface area (Å²) in [5, 5.41) is 0. The molecule has 0 radical (unpaired) electrons. The fourth-order valence-corrected chi connectivity index (χ4v) is 2.59. The van der Waals surface area contributed by atoms with E-state index in [-0.39, 0.29) is 0 Å². The van der Waals surface area contributed by atoms with Crippen molar-refractivity contribution in [3.8, 4) is 0 Å². The number of aromatic nitrogens is 1. The van der Waals surface area contributed by atoms with E-state index in [4.69, 9.17) is 5.73 Å². The molecule has 1 atom stereocenters. The Labute approximate surface area is 97.7 Å². The van der Waals surface area contributed by atoms with Crippen LogP contribution in [0.3, 0.4) is 0 Å². The zero-order valence-corrected chi connectivity index (χ0v) is 10.2. The van der Waals surface area contributed by atoms with Gasteiger partial charge in [0.2, 0.25) is 0 Å². The maximum Gasteiger partial charge on any atom is 0.131 e. The van der Waals surface area contributed by atoms with Crippen molar-refractivity contribution in [1.29, 1.82) is 0 Å². The quantitative estimate of drug-likeness (QED) is 0.831. The number of piperidine rings is 1. The molecule has 88 valence electrons. The SMILES string of the molecule is CCC1CCCCN1c1ncc(N)cc1C. The van der Waals surface area contributed by atoms with E-state index in [0.717, 1.165) is 18.1 Å². The van der Waals surface area contributed by atoms with Gasteiger partial charge >= 0.3 is 0 Å². The van der Waals surface area contributed by atoms with Gasteiger partial charge in [0, 0.05) is 12.6 Å². The van der Waals surface area contributed by atoms with Gasteiger partial charge in [-0.3, -0.25) is 0 Å². The summed E-state index contributed by atoms with van der Waals surface area (Å²) < 4.78 is 0. The Bertz CT molecular complexity index is 362. The van der Waals surface area contributed by atoms with Gasteiger partial charge < -0.3 is 10.6 Å². The lowest BCUT2D eigenvalue weighted by molar-refractivity contribution is 0.446. The highest BCUT2D eigenvalue weighted by Crippen LogP contribution is 2.27. The fourth-order valence-electron chi connectivity index (χ4n) is 2.59. The van der Waals surface area contributed by atoms with Crippen molar-refractivity contribution >= 4 is 11.5 Å². The lowest BCUT2D eigenvalue weighted by atomic mass is 9.99. The molecule has 16 heavy (non-hydrogen) atoms. The normalized spacial score (nSPS) is 21.1. The predicted octanol–water partition coefficient (Wildman–Crippen LogP) is 2.74. The molecule has 1 saturated heterocycles. The van der Waals surface area contributed by atoms with Crippen LogP contribution in [-0.4, -0.2) is 17.6 Å². The smallest absolute Gasteiger partial charge is 0.131 e. The molecule has 0 bridgehead atoms. The van der Waals surface area contributed by atoms with Crippen LogP contribution >= 0.6 is 0 Å². The Morgan fingerprint density at radius 3 is 3.00 bits per heavy atom. The standard InChI is InChI=1S/C13H21N3/c1-3-12-6-4-5-7-16(12)13-10(2)8-11(14)9-15-13/h8-9,12H,3-7,14H2,1-2H3. The number of pyridine rings is 1. The van der Waals surface area contributed by atoms with Crippen molar-refractivity contribution in [3.63, 3.8) is 0 Å². The molecule has 1 unspecified atom stereocenters. The summed E-state index contributed by atoms with van der Waals surface area (Å²) in [6.45, 7) is 5.49. The lowest BCUT2D eigenvalue weighted by Crippen LogP contribution is -2.40. The van der Waals surface area contributed by atoms with Crippen LogP contribution in [0, 0.1) is 6.92 Å². The predicted molar refractivity (Wildman–Crippen MR) is 68.7 cm³/mol. The summed E-state index contributed by atoms with van der Waals surface area (Å²) in [4.78, 5) is 6.96. The molecule has 0 aliphatic carbocycles. The first-order chi connectivity index (χ1) is 7.72. The molecule has 2 N–H and O–H groups in total. The van der Waals surface area contributed by atoms with Crippen molar-refractivity contribution in [1.82, 2.24) is 4.98 Å². The lowest BCUT2D eigenvalue weighted by Gasteiger charge is -2.37. The molecule has 1 aromatic rings. The van der Waals surface area contributed by atoms with Gasteiger partial charge in [0.25, 0.3) is 0 Å². The van der Waals surface area contributed by atoms with Crippen LogP contribution in [0.4, 0.5) is 11.5 Å². The van der Waals surface area contributed by atoms with E-state index in [1.54, 1.807) is 6.20 Å². The molecule has 2 rings (SSSR count). The monoisotopic (exact) mass is 219 g/mol. The van der Waals surface area contributed by atoms with Crippen LogP contribution in [0.1, 0.15) is 38.2 Å². The average molecular weight is 219 g/mol. The maximum absolute atomic E-state index is 5.74. The minimum atomic E-state index is 0.656. The van der Waals surface area contributed by atoms with Crippen molar-refractivity contribution in [2.24, 2.45) is 0 Å².